The van der Waals surface area contributed by atoms with E-state index in [1.807, 2.05) is 18.3 Å². The molecule has 0 aliphatic carbocycles. The minimum atomic E-state index is 0.260. The SMILES string of the molecule is CCOc1cc2c(cc1CNCC(c1cccs1)N1CCCC1)OC(C)C2. The van der Waals surface area contributed by atoms with E-state index in [9.17, 15) is 0 Å². The molecule has 2 atom stereocenters. The quantitative estimate of drug-likeness (QED) is 0.729. The predicted molar refractivity (Wildman–Crippen MR) is 111 cm³/mol. The molecule has 3 heterocycles. The van der Waals surface area contributed by atoms with Gasteiger partial charge in [-0.05, 0) is 63.4 Å². The molecule has 2 unspecified atom stereocenters. The zero-order chi connectivity index (χ0) is 18.6. The van der Waals surface area contributed by atoms with Gasteiger partial charge in [0.05, 0.1) is 12.6 Å². The number of nitrogens with zero attached hydrogens (tertiary/aromatic N) is 1. The van der Waals surface area contributed by atoms with Crippen molar-refractivity contribution in [1.29, 1.82) is 0 Å². The van der Waals surface area contributed by atoms with Crippen molar-refractivity contribution < 1.29 is 9.47 Å². The second kappa shape index (κ2) is 8.63. The third kappa shape index (κ3) is 4.31. The molecule has 1 N–H and O–H groups in total. The first-order valence-corrected chi connectivity index (χ1v) is 11.1. The van der Waals surface area contributed by atoms with Gasteiger partial charge in [-0.1, -0.05) is 6.07 Å². The monoisotopic (exact) mass is 386 g/mol. The normalized spacial score (nSPS) is 20.4. The first-order valence-electron chi connectivity index (χ1n) is 10.2. The highest BCUT2D eigenvalue weighted by atomic mass is 32.1. The molecule has 0 spiro atoms. The van der Waals surface area contributed by atoms with Gasteiger partial charge in [0.25, 0.3) is 0 Å². The zero-order valence-electron chi connectivity index (χ0n) is 16.4. The fourth-order valence-electron chi connectivity index (χ4n) is 4.20. The number of hydrogen-bond acceptors (Lipinski definition) is 5. The van der Waals surface area contributed by atoms with Crippen molar-refractivity contribution >= 4 is 11.3 Å². The Balaban J connectivity index is 1.45. The van der Waals surface area contributed by atoms with Crippen LogP contribution in [0.25, 0.3) is 0 Å². The topological polar surface area (TPSA) is 33.7 Å². The van der Waals surface area contributed by atoms with Crippen LogP contribution >= 0.6 is 11.3 Å². The molecule has 1 aromatic carbocycles. The Morgan fingerprint density at radius 1 is 1.33 bits per heavy atom. The molecule has 5 heteroatoms. The van der Waals surface area contributed by atoms with E-state index in [1.165, 1.54) is 41.9 Å². The molecule has 1 fully saturated rings. The van der Waals surface area contributed by atoms with Gasteiger partial charge in [0, 0.05) is 35.5 Å². The van der Waals surface area contributed by atoms with Crippen LogP contribution in [0, 0.1) is 0 Å². The summed E-state index contributed by atoms with van der Waals surface area (Å²) in [7, 11) is 0. The fraction of sp³-hybridized carbons (Fsp3) is 0.545. The summed E-state index contributed by atoms with van der Waals surface area (Å²) in [5.41, 5.74) is 2.46. The summed E-state index contributed by atoms with van der Waals surface area (Å²) >= 11 is 1.87. The molecule has 1 saturated heterocycles. The average molecular weight is 387 g/mol. The fourth-order valence-corrected chi connectivity index (χ4v) is 5.06. The lowest BCUT2D eigenvalue weighted by atomic mass is 10.1. The molecule has 27 heavy (non-hydrogen) atoms. The number of thiophene rings is 1. The van der Waals surface area contributed by atoms with E-state index in [0.717, 1.165) is 31.0 Å². The Hall–Kier alpha value is -1.56. The van der Waals surface area contributed by atoms with Crippen LogP contribution in [0.5, 0.6) is 11.5 Å². The number of likely N-dealkylation sites (tertiary alicyclic amines) is 1. The van der Waals surface area contributed by atoms with Crippen molar-refractivity contribution in [2.75, 3.05) is 26.2 Å². The van der Waals surface area contributed by atoms with Gasteiger partial charge in [-0.2, -0.15) is 0 Å². The molecule has 4 nitrogen and oxygen atoms in total. The van der Waals surface area contributed by atoms with Gasteiger partial charge in [0.2, 0.25) is 0 Å². The van der Waals surface area contributed by atoms with Crippen LogP contribution in [-0.4, -0.2) is 37.2 Å². The number of ether oxygens (including phenoxy) is 2. The van der Waals surface area contributed by atoms with Crippen LogP contribution in [0.2, 0.25) is 0 Å². The highest BCUT2D eigenvalue weighted by molar-refractivity contribution is 7.10. The van der Waals surface area contributed by atoms with Gasteiger partial charge < -0.3 is 14.8 Å². The average Bonchev–Trinajstić information content (AvgIpc) is 3.40. The maximum atomic E-state index is 5.96. The Kier molecular flexibility index (Phi) is 6.01. The van der Waals surface area contributed by atoms with Crippen LogP contribution in [0.15, 0.2) is 29.6 Å². The third-order valence-electron chi connectivity index (χ3n) is 5.49. The number of rotatable bonds is 8. The van der Waals surface area contributed by atoms with Gasteiger partial charge in [-0.15, -0.1) is 11.3 Å². The van der Waals surface area contributed by atoms with E-state index in [1.54, 1.807) is 0 Å². The van der Waals surface area contributed by atoms with Gasteiger partial charge in [-0.25, -0.2) is 0 Å². The minimum Gasteiger partial charge on any atom is -0.494 e. The molecule has 1 aromatic heterocycles. The lowest BCUT2D eigenvalue weighted by Gasteiger charge is -2.27. The Labute approximate surface area is 166 Å². The molecule has 0 radical (unpaired) electrons. The zero-order valence-corrected chi connectivity index (χ0v) is 17.2. The maximum Gasteiger partial charge on any atom is 0.124 e. The summed E-state index contributed by atoms with van der Waals surface area (Å²) in [6, 6.07) is 9.25. The molecule has 2 aliphatic heterocycles. The molecule has 0 saturated carbocycles. The standard InChI is InChI=1S/C22H30N2O2S/c1-3-25-20-12-17-11-16(2)26-21(17)13-18(20)14-23-15-19(22-7-6-10-27-22)24-8-4-5-9-24/h6-7,10,12-13,16,19,23H,3-5,8-9,11,14-15H2,1-2H3. The second-order valence-electron chi connectivity index (χ2n) is 7.54. The van der Waals surface area contributed by atoms with E-state index in [0.29, 0.717) is 12.6 Å². The summed E-state index contributed by atoms with van der Waals surface area (Å²) in [5, 5.41) is 5.88. The van der Waals surface area contributed by atoms with Crippen LogP contribution < -0.4 is 14.8 Å². The highest BCUT2D eigenvalue weighted by Gasteiger charge is 2.25. The van der Waals surface area contributed by atoms with Crippen LogP contribution in [0.3, 0.4) is 0 Å². The predicted octanol–water partition coefficient (Wildman–Crippen LogP) is 4.40. The summed E-state index contributed by atoms with van der Waals surface area (Å²) in [4.78, 5) is 4.08. The smallest absolute Gasteiger partial charge is 0.124 e. The van der Waals surface area contributed by atoms with E-state index in [-0.39, 0.29) is 6.10 Å². The Morgan fingerprint density at radius 2 is 2.19 bits per heavy atom. The lowest BCUT2D eigenvalue weighted by molar-refractivity contribution is 0.241. The van der Waals surface area contributed by atoms with Crippen LogP contribution in [0.4, 0.5) is 0 Å². The molecular weight excluding hydrogens is 356 g/mol. The van der Waals surface area contributed by atoms with Crippen molar-refractivity contribution in [3.63, 3.8) is 0 Å². The molecule has 0 bridgehead atoms. The first kappa shape index (κ1) is 18.8. The molecule has 2 aliphatic rings. The summed E-state index contributed by atoms with van der Waals surface area (Å²) in [5.74, 6) is 2.02. The van der Waals surface area contributed by atoms with E-state index < -0.39 is 0 Å². The van der Waals surface area contributed by atoms with Crippen molar-refractivity contribution in [1.82, 2.24) is 10.2 Å². The molecule has 146 valence electrons. The first-order chi connectivity index (χ1) is 13.2. The lowest BCUT2D eigenvalue weighted by Crippen LogP contribution is -2.33. The van der Waals surface area contributed by atoms with E-state index >= 15 is 0 Å². The summed E-state index contributed by atoms with van der Waals surface area (Å²) < 4.78 is 11.9. The van der Waals surface area contributed by atoms with Gasteiger partial charge >= 0.3 is 0 Å². The van der Waals surface area contributed by atoms with E-state index in [2.05, 4.69) is 46.8 Å². The van der Waals surface area contributed by atoms with Crippen molar-refractivity contribution in [2.45, 2.75) is 51.8 Å². The Bertz CT molecular complexity index is 741. The summed E-state index contributed by atoms with van der Waals surface area (Å²) in [6.07, 6.45) is 3.86. The van der Waals surface area contributed by atoms with Crippen molar-refractivity contribution in [3.05, 3.63) is 45.6 Å². The number of fused-ring (bicyclic) bond motifs is 1. The second-order valence-corrected chi connectivity index (χ2v) is 8.52. The minimum absolute atomic E-state index is 0.260. The van der Waals surface area contributed by atoms with Crippen LogP contribution in [0.1, 0.15) is 48.7 Å². The highest BCUT2D eigenvalue weighted by Crippen LogP contribution is 2.35. The largest absolute Gasteiger partial charge is 0.494 e. The molecule has 2 aromatic rings. The van der Waals surface area contributed by atoms with Crippen LogP contribution in [-0.2, 0) is 13.0 Å². The van der Waals surface area contributed by atoms with Gasteiger partial charge in [0.15, 0.2) is 0 Å². The molecule has 4 rings (SSSR count). The number of benzene rings is 1. The van der Waals surface area contributed by atoms with Gasteiger partial charge in [-0.3, -0.25) is 4.90 Å². The molecular formula is C22H30N2O2S. The molecule has 0 amide bonds. The Morgan fingerprint density at radius 3 is 2.93 bits per heavy atom. The van der Waals surface area contributed by atoms with Crippen molar-refractivity contribution in [2.24, 2.45) is 0 Å². The van der Waals surface area contributed by atoms with Gasteiger partial charge in [0.1, 0.15) is 17.6 Å². The maximum absolute atomic E-state index is 5.96. The third-order valence-corrected chi connectivity index (χ3v) is 6.46. The summed E-state index contributed by atoms with van der Waals surface area (Å²) in [6.45, 7) is 9.03. The number of hydrogen-bond donors (Lipinski definition) is 1. The van der Waals surface area contributed by atoms with E-state index in [4.69, 9.17) is 9.47 Å². The number of nitrogens with one attached hydrogen (secondary N) is 1. The van der Waals surface area contributed by atoms with Crippen molar-refractivity contribution in [3.8, 4) is 11.5 Å².